The summed E-state index contributed by atoms with van der Waals surface area (Å²) in [6.45, 7) is 5.20. The zero-order chi connectivity index (χ0) is 20.6. The second-order valence-corrected chi connectivity index (χ2v) is 8.94. The molecule has 0 spiro atoms. The van der Waals surface area contributed by atoms with Crippen LogP contribution < -0.4 is 5.32 Å². The average Bonchev–Trinajstić information content (AvgIpc) is 3.15. The Morgan fingerprint density at radius 1 is 1.28 bits per heavy atom. The summed E-state index contributed by atoms with van der Waals surface area (Å²) in [5.74, 6) is 2.00. The van der Waals surface area contributed by atoms with E-state index in [1.165, 1.54) is 23.7 Å². The molecule has 29 heavy (non-hydrogen) atoms. The van der Waals surface area contributed by atoms with Crippen LogP contribution in [0.15, 0.2) is 40.9 Å². The summed E-state index contributed by atoms with van der Waals surface area (Å²) in [6, 6.07) is 12.2. The van der Waals surface area contributed by atoms with E-state index in [9.17, 15) is 9.59 Å². The lowest BCUT2D eigenvalue weighted by atomic mass is 9.90. The topological polar surface area (TPSA) is 75.4 Å². The van der Waals surface area contributed by atoms with Gasteiger partial charge in [0.2, 0.25) is 11.8 Å². The Kier molecular flexibility index (Phi) is 7.75. The van der Waals surface area contributed by atoms with Crippen LogP contribution in [0.5, 0.6) is 0 Å². The number of aromatic nitrogens is 1. The van der Waals surface area contributed by atoms with Crippen molar-refractivity contribution in [3.63, 3.8) is 0 Å². The van der Waals surface area contributed by atoms with E-state index in [0.29, 0.717) is 23.2 Å². The normalized spacial score (nSPS) is 15.9. The van der Waals surface area contributed by atoms with Crippen LogP contribution in [-0.2, 0) is 16.0 Å². The molecule has 0 aliphatic carbocycles. The number of piperidine rings is 1. The van der Waals surface area contributed by atoms with Crippen LogP contribution in [0.4, 0.5) is 5.82 Å². The van der Waals surface area contributed by atoms with E-state index in [1.54, 1.807) is 19.9 Å². The van der Waals surface area contributed by atoms with Gasteiger partial charge in [-0.15, -0.1) is 11.8 Å². The first-order chi connectivity index (χ1) is 14.0. The third-order valence-electron chi connectivity index (χ3n) is 5.36. The highest BCUT2D eigenvalue weighted by atomic mass is 32.2. The van der Waals surface area contributed by atoms with Crippen LogP contribution >= 0.6 is 11.8 Å². The summed E-state index contributed by atoms with van der Waals surface area (Å²) in [7, 11) is 0. The number of likely N-dealkylation sites (tertiary alicyclic amines) is 1. The Balaban J connectivity index is 1.34. The second-order valence-electron chi connectivity index (χ2n) is 7.61. The zero-order valence-electron chi connectivity index (χ0n) is 17.1. The number of carbonyl (C=O) groups is 2. The van der Waals surface area contributed by atoms with Gasteiger partial charge in [0.05, 0.1) is 11.0 Å². The summed E-state index contributed by atoms with van der Waals surface area (Å²) >= 11 is 1.36. The molecular weight excluding hydrogens is 386 g/mol. The number of carbonyl (C=O) groups excluding carboxylic acids is 2. The molecule has 1 atom stereocenters. The molecule has 3 rings (SSSR count). The Morgan fingerprint density at radius 3 is 2.66 bits per heavy atom. The van der Waals surface area contributed by atoms with Gasteiger partial charge in [0, 0.05) is 19.2 Å². The maximum Gasteiger partial charge on any atom is 0.238 e. The number of hydrogen-bond acceptors (Lipinski definition) is 5. The first-order valence-electron chi connectivity index (χ1n) is 10.2. The van der Waals surface area contributed by atoms with Gasteiger partial charge in [-0.1, -0.05) is 35.5 Å². The highest BCUT2D eigenvalue weighted by molar-refractivity contribution is 8.01. The standard InChI is InChI=1S/C22H29N3O3S/c1-16-14-20(24-28-16)23-22(27)17(2)29-15-21(26)25-12-10-19(11-13-25)9-8-18-6-4-3-5-7-18/h3-7,14,17,19H,8-13,15H2,1-2H3,(H,23,24,27). The van der Waals surface area contributed by atoms with Gasteiger partial charge in [-0.2, -0.15) is 0 Å². The number of nitrogens with one attached hydrogen (secondary N) is 1. The van der Waals surface area contributed by atoms with Crippen molar-refractivity contribution in [2.24, 2.45) is 5.92 Å². The molecule has 7 heteroatoms. The van der Waals surface area contributed by atoms with Crippen LogP contribution in [0, 0.1) is 12.8 Å². The van der Waals surface area contributed by atoms with E-state index in [2.05, 4.69) is 34.7 Å². The summed E-state index contributed by atoms with van der Waals surface area (Å²) < 4.78 is 4.94. The molecule has 2 aromatic rings. The van der Waals surface area contributed by atoms with Gasteiger partial charge in [-0.05, 0) is 51.0 Å². The smallest absolute Gasteiger partial charge is 0.238 e. The first kappa shape index (κ1) is 21.4. The predicted octanol–water partition coefficient (Wildman–Crippen LogP) is 3.91. The molecule has 1 aromatic heterocycles. The third-order valence-corrected chi connectivity index (χ3v) is 6.48. The molecule has 1 N–H and O–H groups in total. The number of benzene rings is 1. The molecule has 1 aliphatic rings. The van der Waals surface area contributed by atoms with Crippen LogP contribution in [-0.4, -0.2) is 46.0 Å². The molecule has 1 saturated heterocycles. The predicted molar refractivity (Wildman–Crippen MR) is 116 cm³/mol. The van der Waals surface area contributed by atoms with Gasteiger partial charge in [0.1, 0.15) is 5.76 Å². The summed E-state index contributed by atoms with van der Waals surface area (Å²) in [4.78, 5) is 26.7. The van der Waals surface area contributed by atoms with Crippen molar-refractivity contribution < 1.29 is 14.1 Å². The van der Waals surface area contributed by atoms with Gasteiger partial charge < -0.3 is 14.7 Å². The Morgan fingerprint density at radius 2 is 2.00 bits per heavy atom. The minimum Gasteiger partial charge on any atom is -0.360 e. The summed E-state index contributed by atoms with van der Waals surface area (Å²) in [6.07, 6.45) is 4.40. The lowest BCUT2D eigenvalue weighted by Crippen LogP contribution is -2.40. The Hall–Kier alpha value is -2.28. The van der Waals surface area contributed by atoms with Gasteiger partial charge in [-0.3, -0.25) is 9.59 Å². The van der Waals surface area contributed by atoms with E-state index < -0.39 is 0 Å². The molecule has 2 heterocycles. The van der Waals surface area contributed by atoms with Crippen molar-refractivity contribution in [2.45, 2.75) is 44.8 Å². The third kappa shape index (κ3) is 6.63. The molecule has 0 bridgehead atoms. The average molecular weight is 416 g/mol. The Labute approximate surface area is 176 Å². The van der Waals surface area contributed by atoms with Crippen LogP contribution in [0.2, 0.25) is 0 Å². The first-order valence-corrected chi connectivity index (χ1v) is 11.2. The largest absolute Gasteiger partial charge is 0.360 e. The number of anilines is 1. The van der Waals surface area contributed by atoms with Crippen LogP contribution in [0.1, 0.15) is 37.5 Å². The number of aryl methyl sites for hydroxylation is 2. The highest BCUT2D eigenvalue weighted by Crippen LogP contribution is 2.23. The van der Waals surface area contributed by atoms with Crippen LogP contribution in [0.3, 0.4) is 0 Å². The maximum atomic E-state index is 12.5. The van der Waals surface area contributed by atoms with Gasteiger partial charge in [0.15, 0.2) is 5.82 Å². The Bertz CT molecular complexity index is 801. The van der Waals surface area contributed by atoms with Gasteiger partial charge in [-0.25, -0.2) is 0 Å². The molecule has 0 radical (unpaired) electrons. The van der Waals surface area contributed by atoms with Crippen molar-refractivity contribution in [3.8, 4) is 0 Å². The SMILES string of the molecule is Cc1cc(NC(=O)C(C)SCC(=O)N2CCC(CCc3ccccc3)CC2)no1. The molecule has 1 fully saturated rings. The van der Waals surface area contributed by atoms with Crippen molar-refractivity contribution in [1.29, 1.82) is 0 Å². The number of thioether (sulfide) groups is 1. The second kappa shape index (κ2) is 10.5. The van der Waals surface area contributed by atoms with E-state index >= 15 is 0 Å². The minimum absolute atomic E-state index is 0.119. The van der Waals surface area contributed by atoms with Crippen molar-refractivity contribution >= 4 is 29.4 Å². The van der Waals surface area contributed by atoms with Crippen molar-refractivity contribution in [3.05, 3.63) is 47.7 Å². The fourth-order valence-corrected chi connectivity index (χ4v) is 4.29. The van der Waals surface area contributed by atoms with Crippen molar-refractivity contribution in [1.82, 2.24) is 10.1 Å². The molecular formula is C22H29N3O3S. The highest BCUT2D eigenvalue weighted by Gasteiger charge is 2.24. The van der Waals surface area contributed by atoms with E-state index in [-0.39, 0.29) is 17.1 Å². The molecule has 1 aliphatic heterocycles. The summed E-state index contributed by atoms with van der Waals surface area (Å²) in [5, 5.41) is 6.13. The number of amides is 2. The summed E-state index contributed by atoms with van der Waals surface area (Å²) in [5.41, 5.74) is 1.38. The minimum atomic E-state index is -0.334. The maximum absolute atomic E-state index is 12.5. The fourth-order valence-electron chi connectivity index (χ4n) is 3.50. The lowest BCUT2D eigenvalue weighted by molar-refractivity contribution is -0.129. The van der Waals surface area contributed by atoms with Crippen LogP contribution in [0.25, 0.3) is 0 Å². The van der Waals surface area contributed by atoms with Gasteiger partial charge in [0.25, 0.3) is 0 Å². The van der Waals surface area contributed by atoms with E-state index in [0.717, 1.165) is 32.4 Å². The number of nitrogens with zero attached hydrogens (tertiary/aromatic N) is 2. The fraction of sp³-hybridized carbons (Fsp3) is 0.500. The lowest BCUT2D eigenvalue weighted by Gasteiger charge is -2.32. The van der Waals surface area contributed by atoms with E-state index in [4.69, 9.17) is 4.52 Å². The van der Waals surface area contributed by atoms with Gasteiger partial charge >= 0.3 is 0 Å². The molecule has 1 unspecified atom stereocenters. The molecule has 6 nitrogen and oxygen atoms in total. The molecule has 2 amide bonds. The van der Waals surface area contributed by atoms with Crippen molar-refractivity contribution in [2.75, 3.05) is 24.2 Å². The quantitative estimate of drug-likeness (QED) is 0.707. The van der Waals surface area contributed by atoms with E-state index in [1.807, 2.05) is 11.0 Å². The molecule has 156 valence electrons. The molecule has 1 aromatic carbocycles. The molecule has 0 saturated carbocycles. The monoisotopic (exact) mass is 415 g/mol. The zero-order valence-corrected chi connectivity index (χ0v) is 17.9. The number of rotatable bonds is 8. The number of hydrogen-bond donors (Lipinski definition) is 1.